The van der Waals surface area contributed by atoms with E-state index >= 15 is 0 Å². The third-order valence-corrected chi connectivity index (χ3v) is 2.66. The number of phenolic OH excluding ortho intramolecular Hbond substituents is 1. The van der Waals surface area contributed by atoms with Crippen molar-refractivity contribution in [3.8, 4) is 5.75 Å². The number of nitrogens with zero attached hydrogens (tertiary/aromatic N) is 1. The van der Waals surface area contributed by atoms with Crippen molar-refractivity contribution in [2.24, 2.45) is 0 Å². The Labute approximate surface area is 105 Å². The second-order valence-electron chi connectivity index (χ2n) is 4.18. The van der Waals surface area contributed by atoms with Gasteiger partial charge in [0.05, 0.1) is 0 Å². The zero-order chi connectivity index (χ0) is 13.0. The minimum absolute atomic E-state index is 0.103. The molecule has 2 rings (SSSR count). The second kappa shape index (κ2) is 5.60. The molecule has 0 bridgehead atoms. The van der Waals surface area contributed by atoms with Crippen molar-refractivity contribution in [2.45, 2.75) is 20.0 Å². The van der Waals surface area contributed by atoms with Crippen LogP contribution >= 0.6 is 0 Å². The topological polar surface area (TPSA) is 45.1 Å². The molecular formula is C14H15FN2O. The van der Waals surface area contributed by atoms with Crippen molar-refractivity contribution in [2.75, 3.05) is 0 Å². The van der Waals surface area contributed by atoms with Gasteiger partial charge in [0, 0.05) is 30.5 Å². The molecule has 0 fully saturated rings. The highest BCUT2D eigenvalue weighted by Gasteiger charge is 2.02. The van der Waals surface area contributed by atoms with Gasteiger partial charge in [-0.05, 0) is 36.8 Å². The van der Waals surface area contributed by atoms with Gasteiger partial charge < -0.3 is 10.4 Å². The first kappa shape index (κ1) is 12.5. The van der Waals surface area contributed by atoms with Crippen LogP contribution in [-0.4, -0.2) is 10.1 Å². The molecule has 4 heteroatoms. The van der Waals surface area contributed by atoms with E-state index in [1.807, 2.05) is 19.1 Å². The number of hydrogen-bond donors (Lipinski definition) is 2. The number of nitrogens with one attached hydrogen (secondary N) is 1. The smallest absolute Gasteiger partial charge is 0.123 e. The molecule has 0 aliphatic heterocycles. The van der Waals surface area contributed by atoms with Crippen LogP contribution in [0.15, 0.2) is 36.5 Å². The summed E-state index contributed by atoms with van der Waals surface area (Å²) in [6.07, 6.45) is 1.80. The average molecular weight is 246 g/mol. The van der Waals surface area contributed by atoms with Gasteiger partial charge in [0.2, 0.25) is 0 Å². The van der Waals surface area contributed by atoms with Crippen LogP contribution in [0.3, 0.4) is 0 Å². The molecule has 0 amide bonds. The van der Waals surface area contributed by atoms with Crippen LogP contribution in [-0.2, 0) is 13.1 Å². The van der Waals surface area contributed by atoms with Crippen molar-refractivity contribution in [3.05, 3.63) is 59.2 Å². The Morgan fingerprint density at radius 2 is 2.06 bits per heavy atom. The Hall–Kier alpha value is -1.94. The number of pyridine rings is 1. The Kier molecular flexibility index (Phi) is 3.89. The predicted octanol–water partition coefficient (Wildman–Crippen LogP) is 2.52. The maximum Gasteiger partial charge on any atom is 0.123 e. The van der Waals surface area contributed by atoms with Crippen LogP contribution in [0.4, 0.5) is 4.39 Å². The maximum atomic E-state index is 13.0. The summed E-state index contributed by atoms with van der Waals surface area (Å²) in [6, 6.07) is 7.86. The Bertz CT molecular complexity index is 526. The molecule has 0 saturated carbocycles. The van der Waals surface area contributed by atoms with Gasteiger partial charge in [-0.1, -0.05) is 6.07 Å². The molecule has 1 aromatic heterocycles. The summed E-state index contributed by atoms with van der Waals surface area (Å²) >= 11 is 0. The summed E-state index contributed by atoms with van der Waals surface area (Å²) in [5, 5.41) is 12.7. The van der Waals surface area contributed by atoms with Gasteiger partial charge in [0.15, 0.2) is 0 Å². The number of rotatable bonds is 4. The molecule has 94 valence electrons. The summed E-state index contributed by atoms with van der Waals surface area (Å²) in [4.78, 5) is 4.19. The van der Waals surface area contributed by atoms with E-state index in [1.54, 1.807) is 6.20 Å². The fourth-order valence-electron chi connectivity index (χ4n) is 1.64. The molecule has 0 spiro atoms. The first-order valence-corrected chi connectivity index (χ1v) is 5.75. The van der Waals surface area contributed by atoms with Crippen molar-refractivity contribution < 1.29 is 9.50 Å². The van der Waals surface area contributed by atoms with E-state index in [1.165, 1.54) is 18.2 Å². The summed E-state index contributed by atoms with van der Waals surface area (Å²) in [7, 11) is 0. The normalized spacial score (nSPS) is 10.6. The van der Waals surface area contributed by atoms with Crippen molar-refractivity contribution in [1.29, 1.82) is 0 Å². The highest BCUT2D eigenvalue weighted by Crippen LogP contribution is 2.17. The van der Waals surface area contributed by atoms with Crippen molar-refractivity contribution in [1.82, 2.24) is 10.3 Å². The lowest BCUT2D eigenvalue weighted by Gasteiger charge is -2.07. The third kappa shape index (κ3) is 3.28. The van der Waals surface area contributed by atoms with Gasteiger partial charge in [-0.3, -0.25) is 4.98 Å². The largest absolute Gasteiger partial charge is 0.508 e. The summed E-state index contributed by atoms with van der Waals surface area (Å²) in [5.74, 6) is -0.243. The zero-order valence-corrected chi connectivity index (χ0v) is 10.2. The number of aromatic hydroxyl groups is 1. The molecule has 18 heavy (non-hydrogen) atoms. The molecule has 0 aliphatic rings. The standard InChI is InChI=1S/C14H15FN2O/c1-10-2-3-11(8-17-10)7-16-9-12-6-13(15)4-5-14(12)18/h2-6,8,16,18H,7,9H2,1H3. The highest BCUT2D eigenvalue weighted by molar-refractivity contribution is 5.32. The van der Waals surface area contributed by atoms with E-state index in [4.69, 9.17) is 0 Å². The summed E-state index contributed by atoms with van der Waals surface area (Å²) in [5.41, 5.74) is 2.58. The van der Waals surface area contributed by atoms with E-state index in [0.717, 1.165) is 11.3 Å². The van der Waals surface area contributed by atoms with Gasteiger partial charge in [0.25, 0.3) is 0 Å². The number of phenols is 1. The molecule has 3 nitrogen and oxygen atoms in total. The minimum atomic E-state index is -0.346. The quantitative estimate of drug-likeness (QED) is 0.871. The van der Waals surface area contributed by atoms with E-state index in [0.29, 0.717) is 18.7 Å². The molecule has 1 heterocycles. The van der Waals surface area contributed by atoms with Crippen LogP contribution in [0.2, 0.25) is 0 Å². The zero-order valence-electron chi connectivity index (χ0n) is 10.2. The lowest BCUT2D eigenvalue weighted by Crippen LogP contribution is -2.13. The van der Waals surface area contributed by atoms with Gasteiger partial charge in [-0.25, -0.2) is 4.39 Å². The number of aryl methyl sites for hydroxylation is 1. The predicted molar refractivity (Wildman–Crippen MR) is 67.6 cm³/mol. The Morgan fingerprint density at radius 3 is 2.78 bits per heavy atom. The monoisotopic (exact) mass is 246 g/mol. The van der Waals surface area contributed by atoms with Crippen LogP contribution in [0.1, 0.15) is 16.8 Å². The first-order valence-electron chi connectivity index (χ1n) is 5.75. The molecule has 1 aromatic carbocycles. The molecular weight excluding hydrogens is 231 g/mol. The molecule has 2 N–H and O–H groups in total. The van der Waals surface area contributed by atoms with Crippen LogP contribution in [0, 0.1) is 12.7 Å². The van der Waals surface area contributed by atoms with Crippen LogP contribution in [0.25, 0.3) is 0 Å². The Balaban J connectivity index is 1.92. The number of hydrogen-bond acceptors (Lipinski definition) is 3. The fraction of sp³-hybridized carbons (Fsp3) is 0.214. The summed E-state index contributed by atoms with van der Waals surface area (Å²) < 4.78 is 13.0. The number of halogens is 1. The molecule has 0 unspecified atom stereocenters. The van der Waals surface area contributed by atoms with Gasteiger partial charge in [0.1, 0.15) is 11.6 Å². The van der Waals surface area contributed by atoms with Crippen LogP contribution < -0.4 is 5.32 Å². The SMILES string of the molecule is Cc1ccc(CNCc2cc(F)ccc2O)cn1. The number of aromatic nitrogens is 1. The highest BCUT2D eigenvalue weighted by atomic mass is 19.1. The lowest BCUT2D eigenvalue weighted by molar-refractivity contribution is 0.461. The fourth-order valence-corrected chi connectivity index (χ4v) is 1.64. The second-order valence-corrected chi connectivity index (χ2v) is 4.18. The molecule has 0 saturated heterocycles. The van der Waals surface area contributed by atoms with Gasteiger partial charge in [-0.15, -0.1) is 0 Å². The Morgan fingerprint density at radius 1 is 1.22 bits per heavy atom. The van der Waals surface area contributed by atoms with E-state index in [2.05, 4.69) is 10.3 Å². The van der Waals surface area contributed by atoms with Gasteiger partial charge in [-0.2, -0.15) is 0 Å². The lowest BCUT2D eigenvalue weighted by atomic mass is 10.2. The first-order chi connectivity index (χ1) is 8.65. The van der Waals surface area contributed by atoms with Crippen LogP contribution in [0.5, 0.6) is 5.75 Å². The van der Waals surface area contributed by atoms with Crippen molar-refractivity contribution in [3.63, 3.8) is 0 Å². The summed E-state index contributed by atoms with van der Waals surface area (Å²) in [6.45, 7) is 2.97. The molecule has 0 aliphatic carbocycles. The molecule has 0 atom stereocenters. The number of benzene rings is 1. The molecule has 0 radical (unpaired) electrons. The van der Waals surface area contributed by atoms with E-state index < -0.39 is 0 Å². The van der Waals surface area contributed by atoms with Crippen molar-refractivity contribution >= 4 is 0 Å². The van der Waals surface area contributed by atoms with E-state index in [9.17, 15) is 9.50 Å². The maximum absolute atomic E-state index is 13.0. The minimum Gasteiger partial charge on any atom is -0.508 e. The third-order valence-electron chi connectivity index (χ3n) is 2.66. The van der Waals surface area contributed by atoms with E-state index in [-0.39, 0.29) is 11.6 Å². The molecule has 2 aromatic rings. The van der Waals surface area contributed by atoms with Gasteiger partial charge >= 0.3 is 0 Å². The average Bonchev–Trinajstić information content (AvgIpc) is 2.36.